The van der Waals surface area contributed by atoms with E-state index < -0.39 is 12.0 Å². The molecule has 1 aromatic carbocycles. The lowest BCUT2D eigenvalue weighted by atomic mass is 10.1. The number of nitrogens with zero attached hydrogens (tertiary/aromatic N) is 1. The second-order valence-electron chi connectivity index (χ2n) is 4.55. The fourth-order valence-electron chi connectivity index (χ4n) is 2.00. The number of methoxy groups -OCH3 is 1. The number of hydrogen-bond donors (Lipinski definition) is 1. The van der Waals surface area contributed by atoms with Crippen LogP contribution in [0.2, 0.25) is 0 Å². The van der Waals surface area contributed by atoms with Crippen LogP contribution in [0.3, 0.4) is 0 Å². The highest BCUT2D eigenvalue weighted by Crippen LogP contribution is 2.22. The molecule has 0 saturated heterocycles. The molecule has 0 amide bonds. The van der Waals surface area contributed by atoms with Crippen LogP contribution in [-0.4, -0.2) is 49.3 Å². The molecule has 0 aliphatic rings. The highest BCUT2D eigenvalue weighted by atomic mass is 16.5. The predicted molar refractivity (Wildman–Crippen MR) is 77.3 cm³/mol. The number of likely N-dealkylation sites (N-methyl/N-ethyl adjacent to an activating group) is 1. The van der Waals surface area contributed by atoms with Crippen LogP contribution >= 0.6 is 0 Å². The summed E-state index contributed by atoms with van der Waals surface area (Å²) < 4.78 is 9.89. The van der Waals surface area contributed by atoms with E-state index in [0.717, 1.165) is 0 Å². The molecule has 116 valence electrons. The van der Waals surface area contributed by atoms with Crippen molar-refractivity contribution in [2.24, 2.45) is 0 Å². The molecule has 1 aromatic rings. The molecule has 1 rings (SSSR count). The minimum atomic E-state index is -0.966. The van der Waals surface area contributed by atoms with Gasteiger partial charge in [-0.2, -0.15) is 0 Å². The third-order valence-corrected chi connectivity index (χ3v) is 3.08. The van der Waals surface area contributed by atoms with Gasteiger partial charge in [-0.05, 0) is 31.7 Å². The second-order valence-corrected chi connectivity index (χ2v) is 4.55. The number of carbonyl (C=O) groups excluding carboxylic acids is 1. The van der Waals surface area contributed by atoms with E-state index in [0.29, 0.717) is 24.5 Å². The zero-order valence-corrected chi connectivity index (χ0v) is 12.5. The van der Waals surface area contributed by atoms with Crippen molar-refractivity contribution in [3.05, 3.63) is 29.8 Å². The number of ether oxygens (including phenoxy) is 2. The largest absolute Gasteiger partial charge is 0.497 e. The first-order valence-electron chi connectivity index (χ1n) is 6.72. The third-order valence-electron chi connectivity index (χ3n) is 3.08. The van der Waals surface area contributed by atoms with Gasteiger partial charge in [0.2, 0.25) is 0 Å². The molecule has 0 spiro atoms. The minimum absolute atomic E-state index is 0.157. The van der Waals surface area contributed by atoms with Crippen LogP contribution in [-0.2, 0) is 14.3 Å². The van der Waals surface area contributed by atoms with Gasteiger partial charge in [0, 0.05) is 6.54 Å². The van der Waals surface area contributed by atoms with E-state index >= 15 is 0 Å². The van der Waals surface area contributed by atoms with Crippen LogP contribution in [0.15, 0.2) is 24.3 Å². The molecule has 0 heterocycles. The maximum Gasteiger partial charge on any atom is 0.325 e. The number of esters is 1. The van der Waals surface area contributed by atoms with Gasteiger partial charge in [0.15, 0.2) is 0 Å². The molecule has 0 saturated carbocycles. The smallest absolute Gasteiger partial charge is 0.325 e. The van der Waals surface area contributed by atoms with E-state index in [4.69, 9.17) is 9.47 Å². The standard InChI is InChI=1S/C15H21NO5/c1-4-21-13(17)9-10-16(2)14(15(18)19)11-5-7-12(20-3)8-6-11/h5-8,14H,4,9-10H2,1-3H3,(H,18,19). The number of carbonyl (C=O) groups is 2. The maximum atomic E-state index is 11.5. The summed E-state index contributed by atoms with van der Waals surface area (Å²) in [6, 6.07) is 6.02. The van der Waals surface area contributed by atoms with Gasteiger partial charge in [-0.1, -0.05) is 12.1 Å². The van der Waals surface area contributed by atoms with Gasteiger partial charge in [0.05, 0.1) is 20.1 Å². The van der Waals surface area contributed by atoms with Gasteiger partial charge in [-0.3, -0.25) is 14.5 Å². The summed E-state index contributed by atoms with van der Waals surface area (Å²) in [5.41, 5.74) is 0.634. The number of hydrogen-bond acceptors (Lipinski definition) is 5. The number of aliphatic carboxylic acids is 1. The average molecular weight is 295 g/mol. The first kappa shape index (κ1) is 17.0. The summed E-state index contributed by atoms with van der Waals surface area (Å²) in [5, 5.41) is 9.40. The van der Waals surface area contributed by atoms with Crippen LogP contribution in [0.5, 0.6) is 5.75 Å². The molecule has 0 aliphatic carbocycles. The molecule has 0 aliphatic heterocycles. The number of rotatable bonds is 8. The highest BCUT2D eigenvalue weighted by molar-refractivity contribution is 5.76. The molecule has 0 bridgehead atoms. The highest BCUT2D eigenvalue weighted by Gasteiger charge is 2.25. The second kappa shape index (κ2) is 8.26. The van der Waals surface area contributed by atoms with Gasteiger partial charge >= 0.3 is 11.9 Å². The lowest BCUT2D eigenvalue weighted by Gasteiger charge is -2.24. The van der Waals surface area contributed by atoms with Crippen molar-refractivity contribution in [1.82, 2.24) is 4.90 Å². The molecule has 1 atom stereocenters. The zero-order valence-electron chi connectivity index (χ0n) is 12.5. The van der Waals surface area contributed by atoms with Crippen LogP contribution in [0.4, 0.5) is 0 Å². The van der Waals surface area contributed by atoms with E-state index in [1.165, 1.54) is 0 Å². The molecule has 6 heteroatoms. The number of carboxylic acid groups (broad SMARTS) is 1. The summed E-state index contributed by atoms with van der Waals surface area (Å²) >= 11 is 0. The first-order valence-corrected chi connectivity index (χ1v) is 6.72. The average Bonchev–Trinajstić information content (AvgIpc) is 2.46. The monoisotopic (exact) mass is 295 g/mol. The Hall–Kier alpha value is -2.08. The molecular weight excluding hydrogens is 274 g/mol. The molecule has 6 nitrogen and oxygen atoms in total. The third kappa shape index (κ3) is 5.07. The van der Waals surface area contributed by atoms with E-state index in [9.17, 15) is 14.7 Å². The molecule has 21 heavy (non-hydrogen) atoms. The summed E-state index contributed by atoms with van der Waals surface area (Å²) in [6.07, 6.45) is 0.157. The van der Waals surface area contributed by atoms with Gasteiger partial charge in [0.25, 0.3) is 0 Å². The fourth-order valence-corrected chi connectivity index (χ4v) is 2.00. The van der Waals surface area contributed by atoms with Crippen molar-refractivity contribution in [3.63, 3.8) is 0 Å². The minimum Gasteiger partial charge on any atom is -0.497 e. The van der Waals surface area contributed by atoms with Crippen molar-refractivity contribution in [3.8, 4) is 5.75 Å². The molecule has 1 N–H and O–H groups in total. The summed E-state index contributed by atoms with van der Waals surface area (Å²) in [6.45, 7) is 2.37. The maximum absolute atomic E-state index is 11.5. The van der Waals surface area contributed by atoms with Crippen molar-refractivity contribution in [1.29, 1.82) is 0 Å². The topological polar surface area (TPSA) is 76.1 Å². The van der Waals surface area contributed by atoms with Crippen LogP contribution in [0.1, 0.15) is 24.9 Å². The van der Waals surface area contributed by atoms with E-state index in [1.807, 2.05) is 0 Å². The Bertz CT molecular complexity index is 471. The Kier molecular flexibility index (Phi) is 6.68. The van der Waals surface area contributed by atoms with Crippen LogP contribution in [0, 0.1) is 0 Å². The molecule has 0 aromatic heterocycles. The van der Waals surface area contributed by atoms with Gasteiger partial charge in [-0.25, -0.2) is 0 Å². The van der Waals surface area contributed by atoms with E-state index in [1.54, 1.807) is 50.2 Å². The summed E-state index contributed by atoms with van der Waals surface area (Å²) in [5.74, 6) is -0.633. The van der Waals surface area contributed by atoms with Crippen molar-refractivity contribution in [2.75, 3.05) is 27.3 Å². The Balaban J connectivity index is 2.75. The van der Waals surface area contributed by atoms with Gasteiger partial charge in [-0.15, -0.1) is 0 Å². The molecule has 1 unspecified atom stereocenters. The van der Waals surface area contributed by atoms with Crippen LogP contribution in [0.25, 0.3) is 0 Å². The van der Waals surface area contributed by atoms with Crippen LogP contribution < -0.4 is 4.74 Å². The Morgan fingerprint density at radius 2 is 1.90 bits per heavy atom. The van der Waals surface area contributed by atoms with Gasteiger partial charge < -0.3 is 14.6 Å². The Labute approximate surface area is 124 Å². The molecule has 0 fully saturated rings. The quantitative estimate of drug-likeness (QED) is 0.736. The lowest BCUT2D eigenvalue weighted by Crippen LogP contribution is -2.32. The number of benzene rings is 1. The van der Waals surface area contributed by atoms with Crippen molar-refractivity contribution >= 4 is 11.9 Å². The number of carboxylic acids is 1. The van der Waals surface area contributed by atoms with E-state index in [2.05, 4.69) is 0 Å². The van der Waals surface area contributed by atoms with E-state index in [-0.39, 0.29) is 12.4 Å². The summed E-state index contributed by atoms with van der Waals surface area (Å²) in [7, 11) is 3.22. The summed E-state index contributed by atoms with van der Waals surface area (Å²) in [4.78, 5) is 24.4. The molecule has 0 radical (unpaired) electrons. The Morgan fingerprint density at radius 3 is 2.38 bits per heavy atom. The van der Waals surface area contributed by atoms with Crippen molar-refractivity contribution in [2.45, 2.75) is 19.4 Å². The normalized spacial score (nSPS) is 12.0. The zero-order chi connectivity index (χ0) is 15.8. The van der Waals surface area contributed by atoms with Crippen molar-refractivity contribution < 1.29 is 24.2 Å². The fraction of sp³-hybridized carbons (Fsp3) is 0.467. The SMILES string of the molecule is CCOC(=O)CCN(C)C(C(=O)O)c1ccc(OC)cc1. The lowest BCUT2D eigenvalue weighted by molar-refractivity contribution is -0.146. The Morgan fingerprint density at radius 1 is 1.29 bits per heavy atom. The first-order chi connectivity index (χ1) is 9.99. The predicted octanol–water partition coefficient (Wildman–Crippen LogP) is 1.71. The molecular formula is C15H21NO5. The van der Waals surface area contributed by atoms with Gasteiger partial charge in [0.1, 0.15) is 11.8 Å².